The number of nitrogens with zero attached hydrogens (tertiary/aromatic N) is 1. The van der Waals surface area contributed by atoms with Crippen molar-refractivity contribution in [2.75, 3.05) is 0 Å². The zero-order valence-electron chi connectivity index (χ0n) is 7.76. The van der Waals surface area contributed by atoms with Crippen LogP contribution in [0.2, 0.25) is 0 Å². The van der Waals surface area contributed by atoms with Crippen molar-refractivity contribution >= 4 is 28.9 Å². The molecular weight excluding hydrogens is 364 g/mol. The molecule has 0 atom stereocenters. The summed E-state index contributed by atoms with van der Waals surface area (Å²) in [5.74, 6) is -1.04. The van der Waals surface area contributed by atoms with E-state index in [4.69, 9.17) is 0 Å². The fraction of sp³-hybridized carbons (Fsp3) is 0.250. The number of pyridine rings is 1. The molecule has 9 heteroatoms. The number of hydrogen-bond donors (Lipinski definition) is 0. The van der Waals surface area contributed by atoms with Crippen LogP contribution in [0.25, 0.3) is 0 Å². The predicted molar refractivity (Wildman–Crippen MR) is 54.0 cm³/mol. The minimum Gasteiger partial charge on any atom is -0.403 e. The molecule has 1 heterocycles. The third-order valence-electron chi connectivity index (χ3n) is 1.63. The van der Waals surface area contributed by atoms with E-state index >= 15 is 0 Å². The number of halogens is 6. The second-order valence-electron chi connectivity index (χ2n) is 2.71. The van der Waals surface area contributed by atoms with Crippen molar-refractivity contribution in [1.82, 2.24) is 4.98 Å². The molecule has 1 aromatic heterocycles. The third kappa shape index (κ3) is 3.48. The van der Waals surface area contributed by atoms with Crippen LogP contribution in [0.15, 0.2) is 6.20 Å². The van der Waals surface area contributed by atoms with Crippen LogP contribution in [0.3, 0.4) is 0 Å². The van der Waals surface area contributed by atoms with E-state index in [1.807, 2.05) is 0 Å². The highest BCUT2D eigenvalue weighted by Gasteiger charge is 2.34. The van der Waals surface area contributed by atoms with Gasteiger partial charge in [-0.25, -0.2) is 13.8 Å². The number of hydrogen-bond acceptors (Lipinski definition) is 3. The zero-order valence-corrected chi connectivity index (χ0v) is 9.92. The van der Waals surface area contributed by atoms with Crippen molar-refractivity contribution in [3.8, 4) is 5.75 Å². The van der Waals surface area contributed by atoms with Crippen molar-refractivity contribution in [2.45, 2.75) is 12.8 Å². The number of rotatable bonds is 3. The van der Waals surface area contributed by atoms with Gasteiger partial charge < -0.3 is 4.74 Å². The zero-order chi connectivity index (χ0) is 13.2. The Hall–Kier alpha value is -1.00. The topological polar surface area (TPSA) is 39.2 Å². The molecule has 94 valence electrons. The first-order valence-electron chi connectivity index (χ1n) is 3.93. The summed E-state index contributed by atoms with van der Waals surface area (Å²) in [6, 6.07) is 0. The molecule has 1 rings (SSSR count). The highest BCUT2D eigenvalue weighted by Crippen LogP contribution is 2.33. The summed E-state index contributed by atoms with van der Waals surface area (Å²) < 4.78 is 64.1. The summed E-state index contributed by atoms with van der Waals surface area (Å²) >= 11 is 1.39. The van der Waals surface area contributed by atoms with E-state index in [0.717, 1.165) is 0 Å². The highest BCUT2D eigenvalue weighted by atomic mass is 127. The number of aldehydes is 1. The Kier molecular flexibility index (Phi) is 4.22. The van der Waals surface area contributed by atoms with Crippen LogP contribution >= 0.6 is 22.6 Å². The molecule has 0 saturated carbocycles. The van der Waals surface area contributed by atoms with Gasteiger partial charge in [0.1, 0.15) is 3.70 Å². The van der Waals surface area contributed by atoms with Crippen LogP contribution in [-0.4, -0.2) is 17.6 Å². The summed E-state index contributed by atoms with van der Waals surface area (Å²) in [6.45, 7) is 0. The predicted octanol–water partition coefficient (Wildman–Crippen LogP) is 3.33. The van der Waals surface area contributed by atoms with E-state index in [2.05, 4.69) is 9.72 Å². The van der Waals surface area contributed by atoms with Crippen molar-refractivity contribution in [1.29, 1.82) is 0 Å². The second-order valence-corrected chi connectivity index (χ2v) is 3.73. The van der Waals surface area contributed by atoms with Gasteiger partial charge in [0, 0.05) is 0 Å². The third-order valence-corrected chi connectivity index (χ3v) is 2.49. The first kappa shape index (κ1) is 14.1. The summed E-state index contributed by atoms with van der Waals surface area (Å²) in [6.07, 6.45) is -7.74. The molecule has 0 aliphatic rings. The lowest BCUT2D eigenvalue weighted by Gasteiger charge is -2.13. The van der Waals surface area contributed by atoms with Crippen LogP contribution in [0.5, 0.6) is 5.75 Å². The summed E-state index contributed by atoms with van der Waals surface area (Å²) in [5, 5.41) is 0. The van der Waals surface area contributed by atoms with Crippen molar-refractivity contribution < 1.29 is 31.5 Å². The Morgan fingerprint density at radius 3 is 2.41 bits per heavy atom. The molecule has 0 aliphatic heterocycles. The molecule has 0 N–H and O–H groups in total. The van der Waals surface area contributed by atoms with E-state index in [9.17, 15) is 26.7 Å². The fourth-order valence-corrected chi connectivity index (χ4v) is 1.70. The number of carbonyl (C=O) groups is 1. The first-order valence-corrected chi connectivity index (χ1v) is 5.01. The second kappa shape index (κ2) is 5.10. The Labute approximate surface area is 105 Å². The maximum Gasteiger partial charge on any atom is 0.573 e. The highest BCUT2D eigenvalue weighted by molar-refractivity contribution is 14.1. The molecule has 0 fully saturated rings. The maximum atomic E-state index is 12.5. The van der Waals surface area contributed by atoms with Gasteiger partial charge in [0.2, 0.25) is 0 Å². The number of aromatic nitrogens is 1. The molecule has 1 aromatic rings. The molecule has 0 radical (unpaired) electrons. The molecule has 0 bridgehead atoms. The van der Waals surface area contributed by atoms with Gasteiger partial charge in [0.05, 0.1) is 17.3 Å². The average Bonchev–Trinajstić information content (AvgIpc) is 2.17. The van der Waals surface area contributed by atoms with E-state index in [1.54, 1.807) is 0 Å². The van der Waals surface area contributed by atoms with Gasteiger partial charge >= 0.3 is 6.36 Å². The maximum absolute atomic E-state index is 12.5. The quantitative estimate of drug-likeness (QED) is 0.356. The van der Waals surface area contributed by atoms with E-state index in [0.29, 0.717) is 6.20 Å². The van der Waals surface area contributed by atoms with Gasteiger partial charge in [-0.05, 0) is 22.6 Å². The largest absolute Gasteiger partial charge is 0.573 e. The van der Waals surface area contributed by atoms with E-state index < -0.39 is 29.7 Å². The van der Waals surface area contributed by atoms with Gasteiger partial charge in [0.15, 0.2) is 12.0 Å². The molecule has 3 nitrogen and oxygen atoms in total. The van der Waals surface area contributed by atoms with Gasteiger partial charge in [-0.15, -0.1) is 13.2 Å². The Balaban J connectivity index is 3.33. The minimum absolute atomic E-state index is 0.119. The van der Waals surface area contributed by atoms with Crippen molar-refractivity contribution in [3.05, 3.63) is 21.0 Å². The Morgan fingerprint density at radius 2 is 2.00 bits per heavy atom. The Morgan fingerprint density at radius 1 is 1.41 bits per heavy atom. The van der Waals surface area contributed by atoms with Gasteiger partial charge in [0.25, 0.3) is 6.43 Å². The van der Waals surface area contributed by atoms with Crippen LogP contribution in [-0.2, 0) is 0 Å². The monoisotopic (exact) mass is 367 g/mol. The fourth-order valence-electron chi connectivity index (χ4n) is 1.03. The van der Waals surface area contributed by atoms with Crippen LogP contribution < -0.4 is 4.74 Å². The lowest BCUT2D eigenvalue weighted by atomic mass is 10.1. The minimum atomic E-state index is -5.08. The Bertz CT molecular complexity index is 435. The molecule has 0 aromatic carbocycles. The molecule has 0 unspecified atom stereocenters. The summed E-state index contributed by atoms with van der Waals surface area (Å²) in [7, 11) is 0. The van der Waals surface area contributed by atoms with E-state index in [1.165, 1.54) is 22.6 Å². The van der Waals surface area contributed by atoms with Gasteiger partial charge in [-0.2, -0.15) is 0 Å². The molecule has 0 saturated heterocycles. The van der Waals surface area contributed by atoms with Crippen LogP contribution in [0.4, 0.5) is 22.0 Å². The normalized spacial score (nSPS) is 11.7. The average molecular weight is 367 g/mol. The first-order chi connectivity index (χ1) is 7.76. The lowest BCUT2D eigenvalue weighted by molar-refractivity contribution is -0.274. The molecule has 17 heavy (non-hydrogen) atoms. The van der Waals surface area contributed by atoms with Crippen LogP contribution in [0.1, 0.15) is 22.3 Å². The lowest BCUT2D eigenvalue weighted by Crippen LogP contribution is -2.19. The molecule has 0 amide bonds. The SMILES string of the molecule is O=Cc1c(OC(F)(F)F)cnc(I)c1C(F)F. The summed E-state index contributed by atoms with van der Waals surface area (Å²) in [4.78, 5) is 13.9. The smallest absolute Gasteiger partial charge is 0.403 e. The molecule has 0 spiro atoms. The molecule has 0 aliphatic carbocycles. The number of carbonyl (C=O) groups excluding carboxylic acids is 1. The number of ether oxygens (including phenoxy) is 1. The van der Waals surface area contributed by atoms with E-state index in [-0.39, 0.29) is 9.99 Å². The standard InChI is InChI=1S/C8H3F5INO2/c9-6(10)5-3(2-16)4(1-15-7(5)14)17-8(11,12)13/h1-2,6H. The van der Waals surface area contributed by atoms with Crippen molar-refractivity contribution in [3.63, 3.8) is 0 Å². The van der Waals surface area contributed by atoms with Crippen molar-refractivity contribution in [2.24, 2.45) is 0 Å². The summed E-state index contributed by atoms with van der Waals surface area (Å²) in [5.41, 5.74) is -1.72. The van der Waals surface area contributed by atoms with Gasteiger partial charge in [-0.3, -0.25) is 4.79 Å². The number of alkyl halides is 5. The van der Waals surface area contributed by atoms with Gasteiger partial charge in [-0.1, -0.05) is 0 Å². The van der Waals surface area contributed by atoms with Crippen LogP contribution in [0, 0.1) is 3.70 Å². The molecular formula is C8H3F5INO2.